The van der Waals surface area contributed by atoms with Gasteiger partial charge < -0.3 is 9.47 Å². The molecule has 2 aromatic carbocycles. The maximum atomic E-state index is 14.3. The van der Waals surface area contributed by atoms with E-state index in [2.05, 4.69) is 0 Å². The maximum absolute atomic E-state index is 14.3. The number of halogens is 3. The summed E-state index contributed by atoms with van der Waals surface area (Å²) >= 11 is 0. The number of unbranched alkanes of at least 4 members (excludes halogenated alkanes) is 1. The first kappa shape index (κ1) is 18.2. The van der Waals surface area contributed by atoms with Crippen molar-refractivity contribution >= 4 is 0 Å². The number of rotatable bonds is 8. The van der Waals surface area contributed by atoms with Crippen molar-refractivity contribution in [2.45, 2.75) is 33.1 Å². The molecule has 5 heteroatoms. The Morgan fingerprint density at radius 2 is 1.54 bits per heavy atom. The summed E-state index contributed by atoms with van der Waals surface area (Å²) in [6, 6.07) is 6.75. The first-order chi connectivity index (χ1) is 11.6. The van der Waals surface area contributed by atoms with E-state index in [1.807, 2.05) is 13.8 Å². The molecule has 0 aliphatic carbocycles. The monoisotopic (exact) mass is 338 g/mol. The zero-order chi connectivity index (χ0) is 17.5. The fourth-order valence-electron chi connectivity index (χ4n) is 2.20. The van der Waals surface area contributed by atoms with Crippen molar-refractivity contribution in [3.8, 4) is 22.6 Å². The van der Waals surface area contributed by atoms with Gasteiger partial charge in [-0.15, -0.1) is 0 Å². The number of hydrogen-bond donors (Lipinski definition) is 0. The van der Waals surface area contributed by atoms with Crippen LogP contribution in [0.25, 0.3) is 11.1 Å². The molecule has 0 bridgehead atoms. The summed E-state index contributed by atoms with van der Waals surface area (Å²) in [7, 11) is 0. The Bertz CT molecular complexity index is 687. The molecule has 0 unspecified atom stereocenters. The van der Waals surface area contributed by atoms with Gasteiger partial charge in [0, 0.05) is 17.2 Å². The first-order valence-electron chi connectivity index (χ1n) is 8.12. The number of benzene rings is 2. The second kappa shape index (κ2) is 8.62. The Balaban J connectivity index is 2.27. The zero-order valence-electron chi connectivity index (χ0n) is 13.9. The normalized spacial score (nSPS) is 10.7. The molecule has 2 nitrogen and oxygen atoms in total. The van der Waals surface area contributed by atoms with Crippen LogP contribution in [0.2, 0.25) is 0 Å². The van der Waals surface area contributed by atoms with Crippen LogP contribution in [-0.2, 0) is 0 Å². The highest BCUT2D eigenvalue weighted by Crippen LogP contribution is 2.32. The summed E-state index contributed by atoms with van der Waals surface area (Å²) in [6.07, 6.45) is 2.43. The van der Waals surface area contributed by atoms with Gasteiger partial charge in [0.1, 0.15) is 11.6 Å². The van der Waals surface area contributed by atoms with Gasteiger partial charge >= 0.3 is 0 Å². The molecule has 0 saturated heterocycles. The van der Waals surface area contributed by atoms with Crippen LogP contribution in [0, 0.1) is 17.5 Å². The third-order valence-corrected chi connectivity index (χ3v) is 3.51. The van der Waals surface area contributed by atoms with Gasteiger partial charge in [-0.2, -0.15) is 4.39 Å². The molecule has 0 amide bonds. The van der Waals surface area contributed by atoms with Crippen molar-refractivity contribution < 1.29 is 22.6 Å². The second-order valence-electron chi connectivity index (χ2n) is 5.43. The van der Waals surface area contributed by atoms with Crippen molar-refractivity contribution in [1.82, 2.24) is 0 Å². The van der Waals surface area contributed by atoms with Crippen molar-refractivity contribution in [1.29, 1.82) is 0 Å². The molecule has 2 aromatic rings. The zero-order valence-corrected chi connectivity index (χ0v) is 13.9. The molecule has 0 heterocycles. The summed E-state index contributed by atoms with van der Waals surface area (Å²) in [5.41, 5.74) is -0.162. The van der Waals surface area contributed by atoms with Crippen molar-refractivity contribution in [2.75, 3.05) is 13.2 Å². The molecular formula is C19H21F3O2. The highest BCUT2D eigenvalue weighted by Gasteiger charge is 2.18. The molecule has 0 aliphatic rings. The Kier molecular flexibility index (Phi) is 6.53. The minimum Gasteiger partial charge on any atom is -0.494 e. The lowest BCUT2D eigenvalue weighted by Crippen LogP contribution is -2.02. The summed E-state index contributed by atoms with van der Waals surface area (Å²) in [5, 5.41) is 0. The molecule has 0 aliphatic heterocycles. The van der Waals surface area contributed by atoms with Crippen molar-refractivity contribution in [3.63, 3.8) is 0 Å². The van der Waals surface area contributed by atoms with E-state index in [4.69, 9.17) is 9.47 Å². The van der Waals surface area contributed by atoms with Crippen molar-refractivity contribution in [2.24, 2.45) is 0 Å². The Morgan fingerprint density at radius 1 is 0.792 bits per heavy atom. The first-order valence-corrected chi connectivity index (χ1v) is 8.12. The van der Waals surface area contributed by atoms with Crippen LogP contribution in [0.15, 0.2) is 30.3 Å². The van der Waals surface area contributed by atoms with Gasteiger partial charge in [-0.3, -0.25) is 0 Å². The molecule has 0 atom stereocenters. The molecule has 0 spiro atoms. The van der Waals surface area contributed by atoms with E-state index >= 15 is 0 Å². The molecule has 24 heavy (non-hydrogen) atoms. The van der Waals surface area contributed by atoms with Gasteiger partial charge in [-0.25, -0.2) is 8.78 Å². The minimum atomic E-state index is -1.12. The molecule has 130 valence electrons. The van der Waals surface area contributed by atoms with Gasteiger partial charge in [0.2, 0.25) is 5.82 Å². The lowest BCUT2D eigenvalue weighted by molar-refractivity contribution is 0.289. The van der Waals surface area contributed by atoms with E-state index < -0.39 is 17.5 Å². The lowest BCUT2D eigenvalue weighted by atomic mass is 10.0. The smallest absolute Gasteiger partial charge is 0.201 e. The highest BCUT2D eigenvalue weighted by atomic mass is 19.2. The van der Waals surface area contributed by atoms with Gasteiger partial charge in [0.05, 0.1) is 13.2 Å². The third-order valence-electron chi connectivity index (χ3n) is 3.51. The van der Waals surface area contributed by atoms with Crippen molar-refractivity contribution in [3.05, 3.63) is 47.8 Å². The minimum absolute atomic E-state index is 0.0182. The fourth-order valence-corrected chi connectivity index (χ4v) is 2.20. The predicted octanol–water partition coefficient (Wildman–Crippen LogP) is 5.74. The topological polar surface area (TPSA) is 18.5 Å². The SMILES string of the molecule is CCCCOc1ccc(-c2ccc(OCCC)cc2F)c(F)c1F. The van der Waals surface area contributed by atoms with Crippen LogP contribution in [0.4, 0.5) is 13.2 Å². The van der Waals surface area contributed by atoms with E-state index in [1.165, 1.54) is 30.3 Å². The lowest BCUT2D eigenvalue weighted by Gasteiger charge is -2.12. The molecule has 2 rings (SSSR count). The van der Waals surface area contributed by atoms with E-state index in [-0.39, 0.29) is 16.9 Å². The van der Waals surface area contributed by atoms with Gasteiger partial charge in [0.15, 0.2) is 11.6 Å². The van der Waals surface area contributed by atoms with E-state index in [0.717, 1.165) is 19.3 Å². The summed E-state index contributed by atoms with van der Waals surface area (Å²) < 4.78 is 53.2. The van der Waals surface area contributed by atoms with Crippen LogP contribution in [0.5, 0.6) is 11.5 Å². The average molecular weight is 338 g/mol. The van der Waals surface area contributed by atoms with Gasteiger partial charge in [0.25, 0.3) is 0 Å². The Labute approximate surface area is 140 Å². The molecule has 0 fully saturated rings. The highest BCUT2D eigenvalue weighted by molar-refractivity contribution is 5.66. The van der Waals surface area contributed by atoms with E-state index in [1.54, 1.807) is 0 Å². The summed E-state index contributed by atoms with van der Waals surface area (Å²) in [4.78, 5) is 0. The van der Waals surface area contributed by atoms with Crippen LogP contribution in [-0.4, -0.2) is 13.2 Å². The second-order valence-corrected chi connectivity index (χ2v) is 5.43. The quantitative estimate of drug-likeness (QED) is 0.572. The van der Waals surface area contributed by atoms with Crippen LogP contribution in [0.1, 0.15) is 33.1 Å². The molecule has 0 aromatic heterocycles. The summed E-state index contributed by atoms with van der Waals surface area (Å²) in [5.74, 6) is -2.69. The molecule has 0 N–H and O–H groups in total. The Morgan fingerprint density at radius 3 is 2.21 bits per heavy atom. The van der Waals surface area contributed by atoms with E-state index in [9.17, 15) is 13.2 Å². The number of hydrogen-bond acceptors (Lipinski definition) is 2. The number of ether oxygens (including phenoxy) is 2. The fraction of sp³-hybridized carbons (Fsp3) is 0.368. The Hall–Kier alpha value is -2.17. The predicted molar refractivity (Wildman–Crippen MR) is 87.9 cm³/mol. The maximum Gasteiger partial charge on any atom is 0.201 e. The van der Waals surface area contributed by atoms with Crippen LogP contribution < -0.4 is 9.47 Å². The largest absolute Gasteiger partial charge is 0.494 e. The van der Waals surface area contributed by atoms with Crippen LogP contribution in [0.3, 0.4) is 0 Å². The molecular weight excluding hydrogens is 317 g/mol. The van der Waals surface area contributed by atoms with Gasteiger partial charge in [-0.1, -0.05) is 20.3 Å². The van der Waals surface area contributed by atoms with Gasteiger partial charge in [-0.05, 0) is 37.1 Å². The third kappa shape index (κ3) is 4.22. The van der Waals surface area contributed by atoms with Crippen LogP contribution >= 0.6 is 0 Å². The molecule has 0 saturated carbocycles. The molecule has 0 radical (unpaired) electrons. The average Bonchev–Trinajstić information content (AvgIpc) is 2.58. The van der Waals surface area contributed by atoms with E-state index in [0.29, 0.717) is 19.0 Å². The summed E-state index contributed by atoms with van der Waals surface area (Å²) in [6.45, 7) is 4.68. The standard InChI is InChI=1S/C19H21F3O2/c1-3-5-11-24-17-9-8-15(18(21)19(17)22)14-7-6-13(12-16(14)20)23-10-4-2/h6-9,12H,3-5,10-11H2,1-2H3.